The molecule has 1 saturated carbocycles. The van der Waals surface area contributed by atoms with E-state index >= 15 is 0 Å². The smallest absolute Gasteiger partial charge is 0.324 e. The number of nitrogens with one attached hydrogen (secondary N) is 1. The zero-order chi connectivity index (χ0) is 8.77. The summed E-state index contributed by atoms with van der Waals surface area (Å²) in [7, 11) is 0. The first-order valence-electron chi connectivity index (χ1n) is 4.40. The first-order chi connectivity index (χ1) is 5.64. The van der Waals surface area contributed by atoms with Gasteiger partial charge in [0.15, 0.2) is 0 Å². The largest absolute Gasteiger partial charge is 0.480 e. The minimum Gasteiger partial charge on any atom is -0.480 e. The van der Waals surface area contributed by atoms with Crippen molar-refractivity contribution in [2.45, 2.75) is 30.8 Å². The third-order valence-corrected chi connectivity index (χ3v) is 3.28. The molecule has 4 N–H and O–H groups in total. The number of aliphatic carboxylic acids is 1. The second-order valence-corrected chi connectivity index (χ2v) is 3.84. The second kappa shape index (κ2) is 4.66. The Kier molecular flexibility index (Phi) is 4.65. The van der Waals surface area contributed by atoms with Crippen LogP contribution in [0.3, 0.4) is 0 Å². The Balaban J connectivity index is 0.000000845. The van der Waals surface area contributed by atoms with Crippen LogP contribution in [0.2, 0.25) is 0 Å². The van der Waals surface area contributed by atoms with Crippen molar-refractivity contribution in [1.82, 2.24) is 5.32 Å². The predicted molar refractivity (Wildman–Crippen MR) is 58.2 cm³/mol. The highest BCUT2D eigenvalue weighted by molar-refractivity contribution is 5.85. The first kappa shape index (κ1) is 14.0. The van der Waals surface area contributed by atoms with Crippen LogP contribution >= 0.6 is 24.8 Å². The molecule has 0 bridgehead atoms. The summed E-state index contributed by atoms with van der Waals surface area (Å²) < 4.78 is 0. The van der Waals surface area contributed by atoms with E-state index in [1.807, 2.05) is 0 Å². The van der Waals surface area contributed by atoms with Gasteiger partial charge in [-0.25, -0.2) is 0 Å². The summed E-state index contributed by atoms with van der Waals surface area (Å²) in [4.78, 5) is 10.9. The van der Waals surface area contributed by atoms with Gasteiger partial charge in [-0.15, -0.1) is 24.8 Å². The molecule has 1 aliphatic carbocycles. The van der Waals surface area contributed by atoms with Gasteiger partial charge in [-0.3, -0.25) is 4.79 Å². The summed E-state index contributed by atoms with van der Waals surface area (Å²) in [5.74, 6) is -0.678. The van der Waals surface area contributed by atoms with Crippen LogP contribution in [-0.4, -0.2) is 29.2 Å². The minimum absolute atomic E-state index is 0. The van der Waals surface area contributed by atoms with Gasteiger partial charge >= 0.3 is 5.97 Å². The van der Waals surface area contributed by atoms with Crippen LogP contribution in [0.15, 0.2) is 0 Å². The van der Waals surface area contributed by atoms with E-state index in [9.17, 15) is 4.79 Å². The molecule has 0 amide bonds. The van der Waals surface area contributed by atoms with Crippen molar-refractivity contribution >= 4 is 30.8 Å². The van der Waals surface area contributed by atoms with Gasteiger partial charge < -0.3 is 16.2 Å². The van der Waals surface area contributed by atoms with Gasteiger partial charge in [0.2, 0.25) is 0 Å². The topological polar surface area (TPSA) is 75.4 Å². The Morgan fingerprint density at radius 3 is 2.43 bits per heavy atom. The lowest BCUT2D eigenvalue weighted by Crippen LogP contribution is -2.68. The second-order valence-electron chi connectivity index (χ2n) is 3.84. The fourth-order valence-electron chi connectivity index (χ4n) is 2.28. The highest BCUT2D eigenvalue weighted by Gasteiger charge is 2.52. The number of rotatable bonds is 1. The van der Waals surface area contributed by atoms with Gasteiger partial charge in [0.1, 0.15) is 5.54 Å². The lowest BCUT2D eigenvalue weighted by Gasteiger charge is -2.50. The Hall–Kier alpha value is -0.0300. The number of carboxylic acids is 1. The normalized spacial score (nSPS) is 39.5. The third kappa shape index (κ3) is 1.84. The lowest BCUT2D eigenvalue weighted by atomic mass is 9.64. The molecule has 6 heteroatoms. The molecule has 2 aliphatic rings. The zero-order valence-electron chi connectivity index (χ0n) is 7.73. The van der Waals surface area contributed by atoms with E-state index in [-0.39, 0.29) is 30.7 Å². The zero-order valence-corrected chi connectivity index (χ0v) is 9.37. The number of halogens is 2. The van der Waals surface area contributed by atoms with Crippen LogP contribution in [0.25, 0.3) is 0 Å². The first-order valence-corrected chi connectivity index (χ1v) is 4.40. The fourth-order valence-corrected chi connectivity index (χ4v) is 2.28. The van der Waals surface area contributed by atoms with Gasteiger partial charge in [0.05, 0.1) is 0 Å². The van der Waals surface area contributed by atoms with Crippen molar-refractivity contribution < 1.29 is 9.90 Å². The Morgan fingerprint density at radius 1 is 1.43 bits per heavy atom. The quantitative estimate of drug-likeness (QED) is 0.622. The summed E-state index contributed by atoms with van der Waals surface area (Å²) in [5.41, 5.74) is 4.90. The van der Waals surface area contributed by atoms with E-state index in [1.165, 1.54) is 0 Å². The number of fused-ring (bicyclic) bond motifs is 1. The molecule has 0 aromatic heterocycles. The molecule has 4 nitrogen and oxygen atoms in total. The van der Waals surface area contributed by atoms with Crippen molar-refractivity contribution in [3.63, 3.8) is 0 Å². The van der Waals surface area contributed by atoms with Gasteiger partial charge in [0, 0.05) is 12.0 Å². The van der Waals surface area contributed by atoms with E-state index in [4.69, 9.17) is 10.8 Å². The molecule has 1 heterocycles. The number of hydrogen-bond donors (Lipinski definition) is 3. The molecule has 0 aromatic rings. The molecule has 0 aromatic carbocycles. The maximum atomic E-state index is 10.9. The van der Waals surface area contributed by atoms with Crippen molar-refractivity contribution in [2.75, 3.05) is 6.54 Å². The Bertz CT molecular complexity index is 227. The molecule has 14 heavy (non-hydrogen) atoms. The van der Waals surface area contributed by atoms with Crippen LogP contribution in [0.4, 0.5) is 0 Å². The summed E-state index contributed by atoms with van der Waals surface area (Å²) in [5, 5.41) is 12.3. The number of carboxylic acid groups (broad SMARTS) is 1. The molecule has 2 rings (SSSR count). The molecule has 2 fully saturated rings. The maximum absolute atomic E-state index is 10.9. The standard InChI is InChI=1S/C8H14N2O2.2ClH/c9-8(7(11)12)3-4-10-6-2-1-5(6)8;;/h5-6,10H,1-4,9H2,(H,11,12);2*1H. The summed E-state index contributed by atoms with van der Waals surface area (Å²) in [6, 6.07) is 0.361. The summed E-state index contributed by atoms with van der Waals surface area (Å²) >= 11 is 0. The van der Waals surface area contributed by atoms with Crippen LogP contribution in [-0.2, 0) is 4.79 Å². The molecule has 0 spiro atoms. The van der Waals surface area contributed by atoms with E-state index in [0.29, 0.717) is 12.5 Å². The van der Waals surface area contributed by atoms with E-state index in [2.05, 4.69) is 5.32 Å². The third-order valence-electron chi connectivity index (χ3n) is 3.28. The van der Waals surface area contributed by atoms with Crippen molar-refractivity contribution in [3.8, 4) is 0 Å². The van der Waals surface area contributed by atoms with Crippen molar-refractivity contribution in [3.05, 3.63) is 0 Å². The number of hydrogen-bond acceptors (Lipinski definition) is 3. The number of piperidine rings is 1. The number of carbonyl (C=O) groups is 1. The van der Waals surface area contributed by atoms with Gasteiger partial charge in [-0.2, -0.15) is 0 Å². The van der Waals surface area contributed by atoms with E-state index < -0.39 is 11.5 Å². The van der Waals surface area contributed by atoms with Crippen LogP contribution in [0.5, 0.6) is 0 Å². The van der Waals surface area contributed by atoms with Crippen LogP contribution < -0.4 is 11.1 Å². The molecule has 3 atom stereocenters. The highest BCUT2D eigenvalue weighted by Crippen LogP contribution is 2.39. The molecule has 1 saturated heterocycles. The van der Waals surface area contributed by atoms with Gasteiger partial charge in [0.25, 0.3) is 0 Å². The Labute approximate surface area is 95.4 Å². The van der Waals surface area contributed by atoms with Crippen LogP contribution in [0, 0.1) is 5.92 Å². The molecule has 1 aliphatic heterocycles. The fraction of sp³-hybridized carbons (Fsp3) is 0.875. The monoisotopic (exact) mass is 242 g/mol. The van der Waals surface area contributed by atoms with Gasteiger partial charge in [-0.1, -0.05) is 0 Å². The molecular formula is C8H16Cl2N2O2. The summed E-state index contributed by atoms with van der Waals surface area (Å²) in [6.07, 6.45) is 2.60. The minimum atomic E-state index is -0.950. The van der Waals surface area contributed by atoms with Crippen molar-refractivity contribution in [2.24, 2.45) is 11.7 Å². The van der Waals surface area contributed by atoms with Crippen molar-refractivity contribution in [1.29, 1.82) is 0 Å². The highest BCUT2D eigenvalue weighted by atomic mass is 35.5. The SMILES string of the molecule is Cl.Cl.NC1(C(=O)O)CCNC2CCC21. The molecule has 0 radical (unpaired) electrons. The molecule has 84 valence electrons. The number of nitrogens with two attached hydrogens (primary N) is 1. The maximum Gasteiger partial charge on any atom is 0.324 e. The van der Waals surface area contributed by atoms with E-state index in [0.717, 1.165) is 19.4 Å². The Morgan fingerprint density at radius 2 is 2.07 bits per heavy atom. The lowest BCUT2D eigenvalue weighted by molar-refractivity contribution is -0.150. The molecule has 3 unspecified atom stereocenters. The molecular weight excluding hydrogens is 227 g/mol. The average Bonchev–Trinajstić information content (AvgIpc) is 1.93. The van der Waals surface area contributed by atoms with Gasteiger partial charge in [-0.05, 0) is 25.8 Å². The summed E-state index contributed by atoms with van der Waals surface area (Å²) in [6.45, 7) is 0.740. The van der Waals surface area contributed by atoms with E-state index in [1.54, 1.807) is 0 Å². The predicted octanol–water partition coefficient (Wildman–Crippen LogP) is 0.384. The average molecular weight is 243 g/mol. The van der Waals surface area contributed by atoms with Crippen LogP contribution in [0.1, 0.15) is 19.3 Å².